The molecule has 0 radical (unpaired) electrons. The minimum atomic E-state index is -1.66. The molecule has 1 fully saturated rings. The van der Waals surface area contributed by atoms with Crippen molar-refractivity contribution in [3.63, 3.8) is 0 Å². The van der Waals surface area contributed by atoms with E-state index in [4.69, 9.17) is 4.74 Å². The van der Waals surface area contributed by atoms with Gasteiger partial charge in [0.1, 0.15) is 36.6 Å². The molecule has 0 aromatic carbocycles. The molecule has 0 saturated carbocycles. The Labute approximate surface area is 363 Å². The maximum Gasteiger partial charge on any atom is 0.220 e. The highest BCUT2D eigenvalue weighted by Crippen LogP contribution is 2.27. The molecule has 3 unspecified atom stereocenters. The highest BCUT2D eigenvalue weighted by molar-refractivity contribution is 5.76. The van der Waals surface area contributed by atoms with Crippen molar-refractivity contribution >= 4 is 5.91 Å². The lowest BCUT2D eigenvalue weighted by atomic mass is 9.87. The number of aliphatic hydroxyl groups excluding tert-OH is 6. The van der Waals surface area contributed by atoms with E-state index in [0.29, 0.717) is 12.8 Å². The number of nitrogens with one attached hydrogen (secondary N) is 1. The topological polar surface area (TPSA) is 160 Å². The predicted molar refractivity (Wildman–Crippen MR) is 245 cm³/mol. The monoisotopic (exact) mass is 842 g/mol. The first-order valence-corrected chi connectivity index (χ1v) is 25.7. The van der Waals surface area contributed by atoms with Gasteiger partial charge in [-0.15, -0.1) is 0 Å². The van der Waals surface area contributed by atoms with Gasteiger partial charge in [-0.1, -0.05) is 239 Å². The van der Waals surface area contributed by atoms with Gasteiger partial charge in [-0.05, 0) is 12.8 Å². The van der Waals surface area contributed by atoms with Gasteiger partial charge in [0.25, 0.3) is 0 Å². The molecule has 1 aliphatic heterocycles. The number of rotatable bonds is 43. The van der Waals surface area contributed by atoms with Crippen LogP contribution in [0.4, 0.5) is 0 Å². The average Bonchev–Trinajstić information content (AvgIpc) is 3.23. The highest BCUT2D eigenvalue weighted by Gasteiger charge is 2.48. The van der Waals surface area contributed by atoms with Crippen molar-refractivity contribution in [1.29, 1.82) is 0 Å². The van der Waals surface area contributed by atoms with Crippen molar-refractivity contribution in [2.75, 3.05) is 6.61 Å². The normalized spacial score (nSPS) is 21.1. The second-order valence-electron chi connectivity index (χ2n) is 18.5. The predicted octanol–water partition coefficient (Wildman–Crippen LogP) is 10.9. The van der Waals surface area contributed by atoms with Crippen LogP contribution in [0.25, 0.3) is 0 Å². The van der Waals surface area contributed by atoms with Crippen molar-refractivity contribution < 1.29 is 40.2 Å². The average molecular weight is 842 g/mol. The van der Waals surface area contributed by atoms with E-state index < -0.39 is 55.4 Å². The summed E-state index contributed by atoms with van der Waals surface area (Å²) in [6.07, 6.45) is 36.2. The van der Waals surface area contributed by atoms with Crippen molar-refractivity contribution in [3.05, 3.63) is 0 Å². The van der Waals surface area contributed by atoms with Crippen molar-refractivity contribution in [3.8, 4) is 0 Å². The Morgan fingerprint density at radius 3 is 1.14 bits per heavy atom. The number of aliphatic hydroxyl groups is 6. The van der Waals surface area contributed by atoms with Crippen LogP contribution in [0.1, 0.15) is 258 Å². The Hall–Kier alpha value is -0.810. The minimum Gasteiger partial charge on any atom is -0.394 e. The maximum atomic E-state index is 13.1. The highest BCUT2D eigenvalue weighted by atomic mass is 16.6. The number of carbonyl (C=O) groups is 1. The number of carbonyl (C=O) groups excluding carboxylic acids is 1. The van der Waals surface area contributed by atoms with Gasteiger partial charge in [0.15, 0.2) is 0 Å². The number of hydrogen-bond donors (Lipinski definition) is 7. The zero-order valence-corrected chi connectivity index (χ0v) is 38.7. The third-order valence-electron chi connectivity index (χ3n) is 13.0. The third-order valence-corrected chi connectivity index (χ3v) is 13.0. The first-order valence-electron chi connectivity index (χ1n) is 25.7. The molecule has 1 saturated heterocycles. The number of hydrogen-bond acceptors (Lipinski definition) is 8. The summed E-state index contributed by atoms with van der Waals surface area (Å²) in [5.74, 6) is -0.286. The van der Waals surface area contributed by atoms with E-state index in [1.165, 1.54) is 180 Å². The Morgan fingerprint density at radius 1 is 0.475 bits per heavy atom. The Bertz CT molecular complexity index is 908. The molecule has 7 N–H and O–H groups in total. The molecule has 0 aliphatic carbocycles. The van der Waals surface area contributed by atoms with Crippen molar-refractivity contribution in [2.24, 2.45) is 0 Å². The largest absolute Gasteiger partial charge is 0.394 e. The van der Waals surface area contributed by atoms with Gasteiger partial charge in [-0.3, -0.25) is 4.79 Å². The van der Waals surface area contributed by atoms with Gasteiger partial charge in [-0.2, -0.15) is 0 Å². The van der Waals surface area contributed by atoms with E-state index >= 15 is 0 Å². The van der Waals surface area contributed by atoms with Gasteiger partial charge in [0.05, 0.1) is 18.8 Å². The second-order valence-corrected chi connectivity index (χ2v) is 18.5. The van der Waals surface area contributed by atoms with Gasteiger partial charge in [-0.25, -0.2) is 0 Å². The maximum absolute atomic E-state index is 13.1. The molecule has 1 aliphatic rings. The van der Waals surface area contributed by atoms with Crippen LogP contribution >= 0.6 is 0 Å². The lowest BCUT2D eigenvalue weighted by Crippen LogP contribution is -2.66. The van der Waals surface area contributed by atoms with Crippen LogP contribution in [-0.4, -0.2) is 91.9 Å². The van der Waals surface area contributed by atoms with Crippen LogP contribution in [0.15, 0.2) is 0 Å². The Kier molecular flexibility index (Phi) is 38.1. The van der Waals surface area contributed by atoms with Crippen LogP contribution in [0.2, 0.25) is 0 Å². The fourth-order valence-electron chi connectivity index (χ4n) is 8.91. The van der Waals surface area contributed by atoms with Gasteiger partial charge < -0.3 is 40.7 Å². The van der Waals surface area contributed by atoms with Crippen LogP contribution in [-0.2, 0) is 9.53 Å². The first kappa shape index (κ1) is 56.2. The molecule has 1 rings (SSSR count). The summed E-state index contributed by atoms with van der Waals surface area (Å²) in [5.41, 5.74) is 0. The zero-order chi connectivity index (χ0) is 43.2. The quantitative estimate of drug-likeness (QED) is 0.0299. The van der Waals surface area contributed by atoms with Crippen LogP contribution in [0, 0.1) is 0 Å². The van der Waals surface area contributed by atoms with Crippen LogP contribution in [0.3, 0.4) is 0 Å². The molecule has 59 heavy (non-hydrogen) atoms. The lowest BCUT2D eigenvalue weighted by Gasteiger charge is -2.44. The SMILES string of the molecule is CCCCCCCCCCCCCCCCCCCCCCCCCC(=O)NC(C(O)CCCCCCCCCCCCCCC)C(O)[C@@H]1O[C@H](CO)[C@@H](O)[C@H](O)[C@H]1O. The van der Waals surface area contributed by atoms with E-state index in [-0.39, 0.29) is 12.3 Å². The molecule has 9 nitrogen and oxygen atoms in total. The second kappa shape index (κ2) is 40.0. The summed E-state index contributed by atoms with van der Waals surface area (Å²) in [6, 6.07) is -1.13. The summed E-state index contributed by atoms with van der Waals surface area (Å²) in [5, 5.41) is 66.4. The summed E-state index contributed by atoms with van der Waals surface area (Å²) < 4.78 is 5.62. The number of ether oxygens (including phenoxy) is 1. The number of amides is 1. The van der Waals surface area contributed by atoms with Gasteiger partial charge in [0, 0.05) is 6.42 Å². The molecule has 0 bridgehead atoms. The molecule has 1 amide bonds. The smallest absolute Gasteiger partial charge is 0.220 e. The van der Waals surface area contributed by atoms with E-state index in [2.05, 4.69) is 19.2 Å². The van der Waals surface area contributed by atoms with Gasteiger partial charge >= 0.3 is 0 Å². The molecule has 0 spiro atoms. The first-order chi connectivity index (χ1) is 28.8. The molecule has 1 heterocycles. The molecular formula is C50H99NO8. The standard InChI is InChI=1S/C50H99NO8/c1-3-5-7-9-11-13-15-17-18-19-20-21-22-23-24-25-26-28-30-32-34-36-38-40-44(54)51-45(47(56)50-49(58)48(57)46(55)43(41-52)59-50)42(53)39-37-35-33-31-29-27-16-14-12-10-8-6-4-2/h42-43,45-50,52-53,55-58H,3-41H2,1-2H3,(H,51,54)/t42?,43-,45?,46-,47?,48+,49-,50+/m1/s1. The van der Waals surface area contributed by atoms with Crippen molar-refractivity contribution in [2.45, 2.75) is 307 Å². The molecular weight excluding hydrogens is 743 g/mol. The van der Waals surface area contributed by atoms with E-state index in [0.717, 1.165) is 44.9 Å². The Balaban J connectivity index is 2.26. The van der Waals surface area contributed by atoms with Crippen molar-refractivity contribution in [1.82, 2.24) is 5.32 Å². The van der Waals surface area contributed by atoms with Gasteiger partial charge in [0.2, 0.25) is 5.91 Å². The van der Waals surface area contributed by atoms with Crippen LogP contribution in [0.5, 0.6) is 0 Å². The van der Waals surface area contributed by atoms with Crippen LogP contribution < -0.4 is 5.32 Å². The fraction of sp³-hybridized carbons (Fsp3) is 0.980. The molecule has 0 aromatic heterocycles. The third kappa shape index (κ3) is 29.2. The molecule has 0 aromatic rings. The Morgan fingerprint density at radius 2 is 0.797 bits per heavy atom. The lowest BCUT2D eigenvalue weighted by molar-refractivity contribution is -0.253. The van der Waals surface area contributed by atoms with E-state index in [1.807, 2.05) is 0 Å². The summed E-state index contributed by atoms with van der Waals surface area (Å²) in [7, 11) is 0. The summed E-state index contributed by atoms with van der Waals surface area (Å²) in [4.78, 5) is 13.1. The minimum absolute atomic E-state index is 0.266. The number of unbranched alkanes of at least 4 members (excludes halogenated alkanes) is 34. The summed E-state index contributed by atoms with van der Waals surface area (Å²) in [6.45, 7) is 3.91. The fourth-order valence-corrected chi connectivity index (χ4v) is 8.91. The zero-order valence-electron chi connectivity index (χ0n) is 38.7. The van der Waals surface area contributed by atoms with E-state index in [9.17, 15) is 35.4 Å². The molecule has 352 valence electrons. The summed E-state index contributed by atoms with van der Waals surface area (Å²) >= 11 is 0. The molecule has 9 heteroatoms. The van der Waals surface area contributed by atoms with E-state index in [1.54, 1.807) is 0 Å². The molecule has 8 atom stereocenters.